The Bertz CT molecular complexity index is 730. The zero-order valence-electron chi connectivity index (χ0n) is 15.0. The number of benzene rings is 2. The Balaban J connectivity index is 1.39. The molecule has 0 radical (unpaired) electrons. The Hall–Kier alpha value is -2.89. The number of ether oxygens (including phenoxy) is 3. The van der Waals surface area contributed by atoms with Crippen LogP contribution in [-0.2, 0) is 11.3 Å². The van der Waals surface area contributed by atoms with Crippen LogP contribution >= 0.6 is 0 Å². The summed E-state index contributed by atoms with van der Waals surface area (Å²) >= 11 is 0. The van der Waals surface area contributed by atoms with Gasteiger partial charge in [-0.05, 0) is 30.5 Å². The first kappa shape index (κ1) is 17.9. The summed E-state index contributed by atoms with van der Waals surface area (Å²) in [6.07, 6.45) is 1.34. The number of carbonyl (C=O) groups excluding carboxylic acids is 1. The number of anilines is 1. The van der Waals surface area contributed by atoms with Crippen molar-refractivity contribution in [2.75, 3.05) is 19.5 Å². The maximum absolute atomic E-state index is 11.9. The maximum atomic E-state index is 11.9. The highest BCUT2D eigenvalue weighted by Gasteiger charge is 2.30. The third kappa shape index (κ3) is 4.59. The number of carbonyl (C=O) groups is 1. The molecule has 1 aliphatic rings. The van der Waals surface area contributed by atoms with Gasteiger partial charge in [0.1, 0.15) is 6.61 Å². The lowest BCUT2D eigenvalue weighted by Gasteiger charge is -2.36. The summed E-state index contributed by atoms with van der Waals surface area (Å²) in [5.74, 6) is 1.39. The molecule has 0 aromatic heterocycles. The van der Waals surface area contributed by atoms with Gasteiger partial charge in [0, 0.05) is 23.8 Å². The van der Waals surface area contributed by atoms with Crippen molar-refractivity contribution in [3.63, 3.8) is 0 Å². The molecule has 1 saturated carbocycles. The number of hydrogen-bond acceptors (Lipinski definition) is 5. The van der Waals surface area contributed by atoms with Gasteiger partial charge in [-0.1, -0.05) is 30.3 Å². The van der Waals surface area contributed by atoms with Gasteiger partial charge >= 0.3 is 6.09 Å². The Morgan fingerprint density at radius 3 is 2.42 bits per heavy atom. The molecule has 6 nitrogen and oxygen atoms in total. The van der Waals surface area contributed by atoms with Crippen molar-refractivity contribution in [2.45, 2.75) is 31.5 Å². The minimum Gasteiger partial charge on any atom is -0.493 e. The van der Waals surface area contributed by atoms with Gasteiger partial charge in [-0.3, -0.25) is 0 Å². The molecule has 0 saturated heterocycles. The third-order valence-electron chi connectivity index (χ3n) is 4.43. The molecule has 0 heterocycles. The van der Waals surface area contributed by atoms with Crippen LogP contribution in [0.5, 0.6) is 11.5 Å². The summed E-state index contributed by atoms with van der Waals surface area (Å²) in [5, 5.41) is 6.34. The molecular formula is C20H24N2O4. The van der Waals surface area contributed by atoms with Gasteiger partial charge in [0.25, 0.3) is 0 Å². The van der Waals surface area contributed by atoms with E-state index in [0.717, 1.165) is 24.1 Å². The van der Waals surface area contributed by atoms with Crippen molar-refractivity contribution in [3.05, 3.63) is 54.1 Å². The second-order valence-corrected chi connectivity index (χ2v) is 6.29. The van der Waals surface area contributed by atoms with Crippen LogP contribution in [0.1, 0.15) is 18.4 Å². The van der Waals surface area contributed by atoms with E-state index in [9.17, 15) is 4.79 Å². The second kappa shape index (κ2) is 8.47. The van der Waals surface area contributed by atoms with Crippen molar-refractivity contribution in [1.29, 1.82) is 0 Å². The second-order valence-electron chi connectivity index (χ2n) is 6.29. The van der Waals surface area contributed by atoms with Gasteiger partial charge < -0.3 is 24.8 Å². The minimum absolute atomic E-state index is 0.135. The highest BCUT2D eigenvalue weighted by atomic mass is 16.5. The summed E-state index contributed by atoms with van der Waals surface area (Å²) in [6.45, 7) is 0.284. The molecule has 2 aromatic rings. The molecule has 2 aromatic carbocycles. The molecule has 138 valence electrons. The molecule has 3 rings (SSSR count). The predicted octanol–water partition coefficient (Wildman–Crippen LogP) is 3.57. The van der Waals surface area contributed by atoms with E-state index in [0.29, 0.717) is 17.5 Å². The highest BCUT2D eigenvalue weighted by molar-refractivity contribution is 5.68. The zero-order valence-corrected chi connectivity index (χ0v) is 15.0. The van der Waals surface area contributed by atoms with Crippen LogP contribution in [0.3, 0.4) is 0 Å². The standard InChI is InChI=1S/C20H24N2O4/c1-24-18-9-8-15(12-19(18)25-2)21-16-10-17(11-16)22-20(23)26-13-14-6-4-3-5-7-14/h3-9,12,16-17,21H,10-11,13H2,1-2H3,(H,22,23). The van der Waals surface area contributed by atoms with Crippen LogP contribution in [0.15, 0.2) is 48.5 Å². The van der Waals surface area contributed by atoms with Crippen LogP contribution in [0, 0.1) is 0 Å². The lowest BCUT2D eigenvalue weighted by molar-refractivity contribution is 0.129. The average molecular weight is 356 g/mol. The topological polar surface area (TPSA) is 68.8 Å². The lowest BCUT2D eigenvalue weighted by atomic mass is 9.86. The molecule has 1 fully saturated rings. The number of alkyl carbamates (subject to hydrolysis) is 1. The molecule has 2 N–H and O–H groups in total. The molecular weight excluding hydrogens is 332 g/mol. The number of amides is 1. The van der Waals surface area contributed by atoms with E-state index < -0.39 is 0 Å². The summed E-state index contributed by atoms with van der Waals surface area (Å²) in [5.41, 5.74) is 1.95. The van der Waals surface area contributed by atoms with E-state index in [2.05, 4.69) is 10.6 Å². The van der Waals surface area contributed by atoms with Crippen LogP contribution in [-0.4, -0.2) is 32.4 Å². The van der Waals surface area contributed by atoms with Gasteiger partial charge in [0.05, 0.1) is 14.2 Å². The fourth-order valence-electron chi connectivity index (χ4n) is 2.95. The van der Waals surface area contributed by atoms with Crippen molar-refractivity contribution in [2.24, 2.45) is 0 Å². The molecule has 1 amide bonds. The van der Waals surface area contributed by atoms with Crippen LogP contribution in [0.4, 0.5) is 10.5 Å². The average Bonchev–Trinajstić information content (AvgIpc) is 2.65. The first-order valence-electron chi connectivity index (χ1n) is 8.63. The van der Waals surface area contributed by atoms with E-state index in [4.69, 9.17) is 14.2 Å². The van der Waals surface area contributed by atoms with Gasteiger partial charge in [-0.2, -0.15) is 0 Å². The van der Waals surface area contributed by atoms with Gasteiger partial charge in [-0.15, -0.1) is 0 Å². The quantitative estimate of drug-likeness (QED) is 0.794. The van der Waals surface area contributed by atoms with Gasteiger partial charge in [0.15, 0.2) is 11.5 Å². The largest absolute Gasteiger partial charge is 0.493 e. The number of nitrogens with one attached hydrogen (secondary N) is 2. The van der Waals surface area contributed by atoms with Crippen molar-refractivity contribution < 1.29 is 19.0 Å². The third-order valence-corrected chi connectivity index (χ3v) is 4.43. The van der Waals surface area contributed by atoms with Gasteiger partial charge in [0.2, 0.25) is 0 Å². The molecule has 0 spiro atoms. The van der Waals surface area contributed by atoms with Crippen LogP contribution in [0.2, 0.25) is 0 Å². The first-order valence-corrected chi connectivity index (χ1v) is 8.63. The van der Waals surface area contributed by atoms with E-state index in [1.54, 1.807) is 14.2 Å². The normalized spacial score (nSPS) is 18.4. The SMILES string of the molecule is COc1ccc(NC2CC(NC(=O)OCc3ccccc3)C2)cc1OC. The zero-order chi connectivity index (χ0) is 18.4. The van der Waals surface area contributed by atoms with Crippen molar-refractivity contribution >= 4 is 11.8 Å². The molecule has 0 aliphatic heterocycles. The summed E-state index contributed by atoms with van der Waals surface area (Å²) < 4.78 is 15.8. The molecule has 0 bridgehead atoms. The van der Waals surface area contributed by atoms with E-state index >= 15 is 0 Å². The monoisotopic (exact) mass is 356 g/mol. The summed E-state index contributed by atoms with van der Waals surface area (Å²) in [4.78, 5) is 11.9. The number of rotatable bonds is 7. The molecule has 1 aliphatic carbocycles. The van der Waals surface area contributed by atoms with Crippen molar-refractivity contribution in [3.8, 4) is 11.5 Å². The predicted molar refractivity (Wildman–Crippen MR) is 99.7 cm³/mol. The van der Waals surface area contributed by atoms with Gasteiger partial charge in [-0.25, -0.2) is 4.79 Å². The molecule has 0 atom stereocenters. The minimum atomic E-state index is -0.372. The fourth-order valence-corrected chi connectivity index (χ4v) is 2.95. The Kier molecular flexibility index (Phi) is 5.84. The Morgan fingerprint density at radius 2 is 1.73 bits per heavy atom. The maximum Gasteiger partial charge on any atom is 0.407 e. The van der Waals surface area contributed by atoms with Crippen molar-refractivity contribution in [1.82, 2.24) is 5.32 Å². The summed E-state index contributed by atoms with van der Waals surface area (Å²) in [6, 6.07) is 15.8. The molecule has 6 heteroatoms. The van der Waals surface area contributed by atoms with E-state index in [1.165, 1.54) is 0 Å². The smallest absolute Gasteiger partial charge is 0.407 e. The summed E-state index contributed by atoms with van der Waals surface area (Å²) in [7, 11) is 3.23. The first-order chi connectivity index (χ1) is 12.7. The van der Waals surface area contributed by atoms with E-state index in [-0.39, 0.29) is 18.7 Å². The fraction of sp³-hybridized carbons (Fsp3) is 0.350. The molecule has 26 heavy (non-hydrogen) atoms. The lowest BCUT2D eigenvalue weighted by Crippen LogP contribution is -2.49. The molecule has 0 unspecified atom stereocenters. The van der Waals surface area contributed by atoms with Crippen LogP contribution < -0.4 is 20.1 Å². The number of hydrogen-bond donors (Lipinski definition) is 2. The highest BCUT2D eigenvalue weighted by Crippen LogP contribution is 2.32. The number of methoxy groups -OCH3 is 2. The van der Waals surface area contributed by atoms with Crippen LogP contribution in [0.25, 0.3) is 0 Å². The Morgan fingerprint density at radius 1 is 1.00 bits per heavy atom. The van der Waals surface area contributed by atoms with E-state index in [1.807, 2.05) is 48.5 Å². The Labute approximate surface area is 153 Å².